The van der Waals surface area contributed by atoms with Crippen molar-refractivity contribution in [1.29, 1.82) is 0 Å². The standard InChI is InChI=1S/C31H36N8O4/c1-18(2)37-8-7-22-13-26(36-39(22)17-27(37)40)35-25-12-20-11-24(32-14-21(20)15-33-25)23-16-34-29-28(19(23)3)38(9-10-42-29)30(41)43-31(4,5)6/h11-16,18H,7-10,17H2,1-6H3,(H,33,35,36). The minimum absolute atomic E-state index is 0.0694. The van der Waals surface area contributed by atoms with Crippen LogP contribution < -0.4 is 15.0 Å². The molecule has 4 aromatic heterocycles. The van der Waals surface area contributed by atoms with E-state index >= 15 is 0 Å². The van der Waals surface area contributed by atoms with Gasteiger partial charge in [0.2, 0.25) is 11.8 Å². The van der Waals surface area contributed by atoms with Crippen LogP contribution in [0, 0.1) is 6.92 Å². The SMILES string of the molecule is Cc1c(-c2cc3cc(Nc4cc5n(n4)CC(=O)N(C(C)C)CC5)ncc3cn2)cnc2c1N(C(=O)OC(C)(C)C)CCO2. The Morgan fingerprint density at radius 1 is 1.02 bits per heavy atom. The molecular weight excluding hydrogens is 548 g/mol. The molecule has 0 saturated heterocycles. The summed E-state index contributed by atoms with van der Waals surface area (Å²) in [6.45, 7) is 13.1. The van der Waals surface area contributed by atoms with Gasteiger partial charge in [-0.05, 0) is 64.6 Å². The fourth-order valence-corrected chi connectivity index (χ4v) is 5.46. The first-order valence-electron chi connectivity index (χ1n) is 14.5. The summed E-state index contributed by atoms with van der Waals surface area (Å²) in [7, 11) is 0. The zero-order valence-corrected chi connectivity index (χ0v) is 25.3. The molecule has 0 radical (unpaired) electrons. The number of pyridine rings is 3. The smallest absolute Gasteiger partial charge is 0.415 e. The number of fused-ring (bicyclic) bond motifs is 3. The van der Waals surface area contributed by atoms with Crippen molar-refractivity contribution in [3.63, 3.8) is 0 Å². The highest BCUT2D eigenvalue weighted by molar-refractivity contribution is 5.94. The van der Waals surface area contributed by atoms with Crippen molar-refractivity contribution in [2.45, 2.75) is 66.2 Å². The molecule has 0 unspecified atom stereocenters. The maximum Gasteiger partial charge on any atom is 0.415 e. The van der Waals surface area contributed by atoms with Crippen LogP contribution in [-0.2, 0) is 22.5 Å². The Morgan fingerprint density at radius 3 is 2.58 bits per heavy atom. The fourth-order valence-electron chi connectivity index (χ4n) is 5.46. The van der Waals surface area contributed by atoms with Crippen LogP contribution in [0.15, 0.2) is 36.8 Å². The average molecular weight is 585 g/mol. The number of nitrogens with one attached hydrogen (secondary N) is 1. The first-order chi connectivity index (χ1) is 20.5. The van der Waals surface area contributed by atoms with Crippen LogP contribution in [0.4, 0.5) is 22.1 Å². The Kier molecular flexibility index (Phi) is 7.15. The van der Waals surface area contributed by atoms with E-state index in [0.717, 1.165) is 34.0 Å². The number of rotatable bonds is 4. The van der Waals surface area contributed by atoms with Crippen LogP contribution in [-0.4, -0.2) is 73.0 Å². The van der Waals surface area contributed by atoms with E-state index in [2.05, 4.69) is 25.4 Å². The number of anilines is 3. The van der Waals surface area contributed by atoms with E-state index in [1.807, 2.05) is 64.6 Å². The van der Waals surface area contributed by atoms with Crippen molar-refractivity contribution in [3.8, 4) is 17.1 Å². The molecule has 224 valence electrons. The maximum atomic E-state index is 13.0. The van der Waals surface area contributed by atoms with E-state index in [1.165, 1.54) is 0 Å². The quantitative estimate of drug-likeness (QED) is 0.357. The van der Waals surface area contributed by atoms with Gasteiger partial charge in [0.05, 0.1) is 12.2 Å². The predicted molar refractivity (Wildman–Crippen MR) is 163 cm³/mol. The number of hydrogen-bond donors (Lipinski definition) is 1. The van der Waals surface area contributed by atoms with Crippen molar-refractivity contribution in [3.05, 3.63) is 48.0 Å². The van der Waals surface area contributed by atoms with Gasteiger partial charge < -0.3 is 19.7 Å². The van der Waals surface area contributed by atoms with Gasteiger partial charge in [0.1, 0.15) is 30.3 Å². The molecule has 4 aromatic rings. The first kappa shape index (κ1) is 28.4. The highest BCUT2D eigenvalue weighted by Gasteiger charge is 2.32. The van der Waals surface area contributed by atoms with E-state index in [1.54, 1.807) is 28.2 Å². The lowest BCUT2D eigenvalue weighted by molar-refractivity contribution is -0.133. The number of carbonyl (C=O) groups excluding carboxylic acids is 2. The molecule has 2 aliphatic rings. The summed E-state index contributed by atoms with van der Waals surface area (Å²) in [6, 6.07) is 6.05. The van der Waals surface area contributed by atoms with Crippen LogP contribution >= 0.6 is 0 Å². The van der Waals surface area contributed by atoms with Gasteiger partial charge in [-0.25, -0.2) is 14.8 Å². The highest BCUT2D eigenvalue weighted by atomic mass is 16.6. The molecule has 12 heteroatoms. The zero-order valence-electron chi connectivity index (χ0n) is 25.3. The van der Waals surface area contributed by atoms with E-state index < -0.39 is 11.7 Å². The third-order valence-corrected chi connectivity index (χ3v) is 7.55. The summed E-state index contributed by atoms with van der Waals surface area (Å²) in [4.78, 5) is 43.0. The van der Waals surface area contributed by atoms with E-state index in [4.69, 9.17) is 9.47 Å². The number of hydrogen-bond acceptors (Lipinski definition) is 9. The molecule has 2 amide bonds. The van der Waals surface area contributed by atoms with Crippen LogP contribution in [0.3, 0.4) is 0 Å². The predicted octanol–water partition coefficient (Wildman–Crippen LogP) is 4.87. The lowest BCUT2D eigenvalue weighted by Gasteiger charge is -2.32. The Balaban J connectivity index is 1.28. The molecule has 12 nitrogen and oxygen atoms in total. The molecule has 0 aromatic carbocycles. The van der Waals surface area contributed by atoms with Crippen molar-refractivity contribution in [1.82, 2.24) is 29.6 Å². The molecule has 2 aliphatic heterocycles. The molecule has 0 spiro atoms. The van der Waals surface area contributed by atoms with Gasteiger partial charge in [-0.3, -0.25) is 19.4 Å². The third-order valence-electron chi connectivity index (χ3n) is 7.55. The lowest BCUT2D eigenvalue weighted by atomic mass is 10.0. The molecular formula is C31H36N8O4. The first-order valence-corrected chi connectivity index (χ1v) is 14.5. The van der Waals surface area contributed by atoms with Gasteiger partial charge in [-0.1, -0.05) is 0 Å². The largest absolute Gasteiger partial charge is 0.474 e. The van der Waals surface area contributed by atoms with Crippen molar-refractivity contribution < 1.29 is 19.1 Å². The second kappa shape index (κ2) is 10.8. The minimum Gasteiger partial charge on any atom is -0.474 e. The summed E-state index contributed by atoms with van der Waals surface area (Å²) in [6.07, 6.45) is 5.55. The highest BCUT2D eigenvalue weighted by Crippen LogP contribution is 2.39. The Hall–Kier alpha value is -4.74. The van der Waals surface area contributed by atoms with Crippen molar-refractivity contribution >= 4 is 40.1 Å². The molecule has 0 bridgehead atoms. The molecule has 0 atom stereocenters. The van der Waals surface area contributed by atoms with Gasteiger partial charge in [0, 0.05) is 60.3 Å². The molecule has 0 saturated carbocycles. The summed E-state index contributed by atoms with van der Waals surface area (Å²) in [5, 5.41) is 9.72. The van der Waals surface area contributed by atoms with Crippen LogP contribution in [0.5, 0.6) is 5.88 Å². The van der Waals surface area contributed by atoms with E-state index in [9.17, 15) is 9.59 Å². The maximum absolute atomic E-state index is 13.0. The van der Waals surface area contributed by atoms with Gasteiger partial charge in [0.25, 0.3) is 0 Å². The number of amides is 2. The fraction of sp³-hybridized carbons (Fsp3) is 0.419. The van der Waals surface area contributed by atoms with Crippen LogP contribution in [0.25, 0.3) is 22.0 Å². The second-order valence-electron chi connectivity index (χ2n) is 12.2. The Morgan fingerprint density at radius 2 is 1.81 bits per heavy atom. The molecule has 43 heavy (non-hydrogen) atoms. The van der Waals surface area contributed by atoms with Crippen molar-refractivity contribution in [2.24, 2.45) is 0 Å². The second-order valence-corrected chi connectivity index (χ2v) is 12.2. The van der Waals surface area contributed by atoms with Crippen LogP contribution in [0.1, 0.15) is 45.9 Å². The van der Waals surface area contributed by atoms with Crippen molar-refractivity contribution in [2.75, 3.05) is 29.9 Å². The third kappa shape index (κ3) is 5.69. The van der Waals surface area contributed by atoms with E-state index in [0.29, 0.717) is 48.6 Å². The average Bonchev–Trinajstić information content (AvgIpc) is 3.24. The van der Waals surface area contributed by atoms with Gasteiger partial charge >= 0.3 is 6.09 Å². The van der Waals surface area contributed by atoms with E-state index in [-0.39, 0.29) is 18.5 Å². The molecule has 0 aliphatic carbocycles. The normalized spacial score (nSPS) is 15.2. The number of aromatic nitrogens is 5. The Bertz CT molecular complexity index is 1730. The lowest BCUT2D eigenvalue weighted by Crippen LogP contribution is -2.42. The number of ether oxygens (including phenoxy) is 2. The molecule has 0 fully saturated rings. The summed E-state index contributed by atoms with van der Waals surface area (Å²) in [5.41, 5.74) is 3.27. The topological polar surface area (TPSA) is 128 Å². The van der Waals surface area contributed by atoms with Gasteiger partial charge in [0.15, 0.2) is 5.82 Å². The summed E-state index contributed by atoms with van der Waals surface area (Å²) in [5.74, 6) is 1.73. The monoisotopic (exact) mass is 584 g/mol. The summed E-state index contributed by atoms with van der Waals surface area (Å²) >= 11 is 0. The zero-order chi connectivity index (χ0) is 30.5. The van der Waals surface area contributed by atoms with Gasteiger partial charge in [-0.15, -0.1) is 0 Å². The number of carbonyl (C=O) groups is 2. The number of nitrogens with zero attached hydrogens (tertiary/aromatic N) is 7. The van der Waals surface area contributed by atoms with Gasteiger partial charge in [-0.2, -0.15) is 5.10 Å². The molecule has 6 heterocycles. The molecule has 1 N–H and O–H groups in total. The molecule has 6 rings (SSSR count). The Labute approximate surface area is 250 Å². The van der Waals surface area contributed by atoms with Crippen LogP contribution in [0.2, 0.25) is 0 Å². The minimum atomic E-state index is -0.629. The summed E-state index contributed by atoms with van der Waals surface area (Å²) < 4.78 is 13.2.